The van der Waals surface area contributed by atoms with E-state index >= 15 is 0 Å². The van der Waals surface area contributed by atoms with Crippen molar-refractivity contribution in [3.63, 3.8) is 0 Å². The van der Waals surface area contributed by atoms with Gasteiger partial charge in [0.2, 0.25) is 5.91 Å². The van der Waals surface area contributed by atoms with Crippen LogP contribution >= 0.6 is 11.6 Å². The number of ether oxygens (including phenoxy) is 2. The van der Waals surface area contributed by atoms with Crippen LogP contribution in [-0.2, 0) is 20.4 Å². The van der Waals surface area contributed by atoms with Crippen LogP contribution in [0.2, 0.25) is 5.02 Å². The summed E-state index contributed by atoms with van der Waals surface area (Å²) in [4.78, 5) is 26.0. The second kappa shape index (κ2) is 41.8. The fourth-order valence-electron chi connectivity index (χ4n) is 9.51. The van der Waals surface area contributed by atoms with Gasteiger partial charge in [-0.2, -0.15) is 13.2 Å². The number of benzene rings is 1. The first-order valence-electron chi connectivity index (χ1n) is 28.9. The van der Waals surface area contributed by atoms with Crippen LogP contribution in [-0.4, -0.2) is 100.0 Å². The molecular weight excluding hydrogens is 961 g/mol. The second-order valence-corrected chi connectivity index (χ2v) is 21.3. The third-order valence-electron chi connectivity index (χ3n) is 14.3. The van der Waals surface area contributed by atoms with Gasteiger partial charge in [0.25, 0.3) is 5.91 Å². The Hall–Kier alpha value is -2.30. The van der Waals surface area contributed by atoms with Crippen molar-refractivity contribution in [2.45, 2.75) is 281 Å². The van der Waals surface area contributed by atoms with Gasteiger partial charge in [0.1, 0.15) is 18.3 Å². The Morgan fingerprint density at radius 2 is 1.18 bits per heavy atom. The monoisotopic (exact) mass is 1060 g/mol. The van der Waals surface area contributed by atoms with Gasteiger partial charge in [-0.15, -0.1) is 0 Å². The van der Waals surface area contributed by atoms with Crippen molar-refractivity contribution in [2.75, 3.05) is 19.7 Å². The Balaban J connectivity index is 1.84. The third-order valence-corrected chi connectivity index (χ3v) is 14.6. The van der Waals surface area contributed by atoms with Crippen LogP contribution in [0.3, 0.4) is 0 Å². The van der Waals surface area contributed by atoms with E-state index in [1.54, 1.807) is 0 Å². The van der Waals surface area contributed by atoms with Crippen LogP contribution in [0, 0.1) is 5.92 Å². The fraction of sp³-hybridized carbons (Fsp3) is 0.828. The lowest BCUT2D eigenvalue weighted by Gasteiger charge is -2.31. The molecule has 5 unspecified atom stereocenters. The highest BCUT2D eigenvalue weighted by atomic mass is 35.5. The molecule has 1 saturated heterocycles. The number of aliphatic hydroxyl groups excluding tert-OH is 5. The molecule has 1 aliphatic rings. The van der Waals surface area contributed by atoms with Crippen LogP contribution in [0.5, 0.6) is 0 Å². The summed E-state index contributed by atoms with van der Waals surface area (Å²) in [5.41, 5.74) is -1.55. The predicted octanol–water partition coefficient (Wildman–Crippen LogP) is 13.2. The van der Waals surface area contributed by atoms with Gasteiger partial charge in [-0.05, 0) is 56.7 Å². The number of unbranched alkanes of at least 4 members (excludes halogenated alkanes) is 28. The summed E-state index contributed by atoms with van der Waals surface area (Å²) in [6, 6.07) is 2.66. The van der Waals surface area contributed by atoms with E-state index in [1.807, 2.05) is 0 Å². The van der Waals surface area contributed by atoms with E-state index in [0.717, 1.165) is 57.1 Å². The van der Waals surface area contributed by atoms with Crippen molar-refractivity contribution in [1.29, 1.82) is 0 Å². The van der Waals surface area contributed by atoms with Crippen molar-refractivity contribution in [1.82, 2.24) is 10.6 Å². The molecular formula is C58H100ClF3N2O9. The van der Waals surface area contributed by atoms with Gasteiger partial charge >= 0.3 is 6.18 Å². The minimum absolute atomic E-state index is 0.0417. The highest BCUT2D eigenvalue weighted by Crippen LogP contribution is 2.35. The molecule has 15 heteroatoms. The molecule has 2 amide bonds. The third kappa shape index (κ3) is 31.5. The standard InChI is InChI=1S/C58H100ClF3N2O9/c1-3-5-7-9-11-13-15-17-18-19-20-21-22-23-24-25-27-29-31-33-35-37-53(68)63-42-46(54(69)49(65)36-34-32-30-28-26-16-14-12-10-8-6-4-2)44-72-57-51(67)41-50(66)55(70)52(73-57)43-64-56(71)45-38-39-48(59)47(40-45)58(60,61)62/h17-18,38-40,46,49-52,54-55,57,65-67,69-70H,3-16,19-37,41-44H2,1-2H3,(H,63,68)(H,64,71)/b18-17-/t46?,49-,50?,51?,52?,54?,55-,57+/m1/s1. The normalized spacial score (nSPS) is 19.7. The number of nitrogens with one attached hydrogen (secondary N) is 2. The van der Waals surface area contributed by atoms with Gasteiger partial charge in [-0.25, -0.2) is 0 Å². The van der Waals surface area contributed by atoms with Crippen molar-refractivity contribution in [3.8, 4) is 0 Å². The average Bonchev–Trinajstić information content (AvgIpc) is 3.46. The van der Waals surface area contributed by atoms with Gasteiger partial charge < -0.3 is 45.6 Å². The topological polar surface area (TPSA) is 178 Å². The van der Waals surface area contributed by atoms with Crippen molar-refractivity contribution >= 4 is 23.4 Å². The fourth-order valence-corrected chi connectivity index (χ4v) is 9.74. The van der Waals surface area contributed by atoms with E-state index in [-0.39, 0.29) is 31.0 Å². The van der Waals surface area contributed by atoms with E-state index in [4.69, 9.17) is 21.1 Å². The molecule has 7 N–H and O–H groups in total. The lowest BCUT2D eigenvalue weighted by atomic mass is 9.94. The molecule has 1 heterocycles. The number of hydrogen-bond donors (Lipinski definition) is 7. The summed E-state index contributed by atoms with van der Waals surface area (Å²) in [5, 5.41) is 59.9. The second-order valence-electron chi connectivity index (χ2n) is 20.9. The van der Waals surface area contributed by atoms with Crippen LogP contribution in [0.4, 0.5) is 13.2 Å². The maximum absolute atomic E-state index is 13.5. The smallest absolute Gasteiger partial charge is 0.390 e. The van der Waals surface area contributed by atoms with Crippen molar-refractivity contribution in [2.24, 2.45) is 5.92 Å². The van der Waals surface area contributed by atoms with Crippen molar-refractivity contribution in [3.05, 3.63) is 46.5 Å². The maximum atomic E-state index is 13.5. The molecule has 0 aliphatic carbocycles. The van der Waals surface area contributed by atoms with Gasteiger partial charge in [0.15, 0.2) is 6.29 Å². The Bertz CT molecular complexity index is 1570. The number of halogens is 4. The zero-order chi connectivity index (χ0) is 53.5. The number of amides is 2. The molecule has 0 radical (unpaired) electrons. The summed E-state index contributed by atoms with van der Waals surface area (Å²) in [5.74, 6) is -1.97. The van der Waals surface area contributed by atoms with E-state index in [0.29, 0.717) is 25.3 Å². The van der Waals surface area contributed by atoms with E-state index in [1.165, 1.54) is 148 Å². The zero-order valence-corrected chi connectivity index (χ0v) is 45.8. The highest BCUT2D eigenvalue weighted by molar-refractivity contribution is 6.31. The molecule has 424 valence electrons. The number of rotatable bonds is 44. The number of allylic oxidation sites excluding steroid dienone is 2. The number of carbonyl (C=O) groups excluding carboxylic acids is 2. The first kappa shape index (κ1) is 66.8. The molecule has 1 aromatic carbocycles. The average molecular weight is 1060 g/mol. The molecule has 1 aliphatic heterocycles. The number of hydrogen-bond acceptors (Lipinski definition) is 9. The van der Waals surface area contributed by atoms with Crippen molar-refractivity contribution < 1.29 is 57.8 Å². The number of aliphatic hydroxyl groups is 5. The lowest BCUT2D eigenvalue weighted by Crippen LogP contribution is -2.47. The minimum atomic E-state index is -4.81. The van der Waals surface area contributed by atoms with Crippen LogP contribution < -0.4 is 10.6 Å². The van der Waals surface area contributed by atoms with Crippen LogP contribution in [0.25, 0.3) is 0 Å². The molecule has 0 bridgehead atoms. The minimum Gasteiger partial charge on any atom is -0.390 e. The molecule has 0 saturated carbocycles. The Morgan fingerprint density at radius 1 is 0.699 bits per heavy atom. The molecule has 2 rings (SSSR count). The van der Waals surface area contributed by atoms with E-state index < -0.39 is 78.0 Å². The van der Waals surface area contributed by atoms with E-state index in [2.05, 4.69) is 36.6 Å². The molecule has 1 fully saturated rings. The summed E-state index contributed by atoms with van der Waals surface area (Å²) >= 11 is 5.71. The largest absolute Gasteiger partial charge is 0.417 e. The SMILES string of the molecule is CCCCCCCC/C=C\CCCCCCCCCCCCCC(=O)NCC(CO[C@H]1OC(CNC(=O)c2ccc(Cl)c(C(F)(F)F)c2)[C@H](O)C(O)CC1O)C(O)[C@H](O)CCCCCCCCCCCCCC. The van der Waals surface area contributed by atoms with Gasteiger partial charge in [-0.3, -0.25) is 9.59 Å². The Morgan fingerprint density at radius 3 is 1.68 bits per heavy atom. The molecule has 0 aromatic heterocycles. The first-order chi connectivity index (χ1) is 35.2. The van der Waals surface area contributed by atoms with E-state index in [9.17, 15) is 48.3 Å². The maximum Gasteiger partial charge on any atom is 0.417 e. The molecule has 11 nitrogen and oxygen atoms in total. The van der Waals surface area contributed by atoms with Crippen LogP contribution in [0.1, 0.15) is 248 Å². The summed E-state index contributed by atoms with van der Waals surface area (Å²) in [6.07, 6.45) is 27.3. The molecule has 1 aromatic rings. The predicted molar refractivity (Wildman–Crippen MR) is 287 cm³/mol. The number of carbonyl (C=O) groups is 2. The lowest BCUT2D eigenvalue weighted by molar-refractivity contribution is -0.226. The quantitative estimate of drug-likeness (QED) is 0.0248. The molecule has 8 atom stereocenters. The summed E-state index contributed by atoms with van der Waals surface area (Å²) in [7, 11) is 0. The molecule has 73 heavy (non-hydrogen) atoms. The highest BCUT2D eigenvalue weighted by Gasteiger charge is 2.40. The van der Waals surface area contributed by atoms with Crippen LogP contribution in [0.15, 0.2) is 30.4 Å². The first-order valence-corrected chi connectivity index (χ1v) is 29.3. The summed E-state index contributed by atoms with van der Waals surface area (Å²) < 4.78 is 52.2. The van der Waals surface area contributed by atoms with Gasteiger partial charge in [0, 0.05) is 37.4 Å². The Kier molecular flexibility index (Phi) is 38.3. The zero-order valence-electron chi connectivity index (χ0n) is 45.0. The van der Waals surface area contributed by atoms with Gasteiger partial charge in [-0.1, -0.05) is 205 Å². The molecule has 0 spiro atoms. The summed E-state index contributed by atoms with van der Waals surface area (Å²) in [6.45, 7) is 3.65. The Labute approximate surface area is 443 Å². The van der Waals surface area contributed by atoms with Gasteiger partial charge in [0.05, 0.1) is 35.5 Å². The number of alkyl halides is 3.